The van der Waals surface area contributed by atoms with Crippen LogP contribution in [0.3, 0.4) is 0 Å². The molecule has 2 saturated carbocycles. The van der Waals surface area contributed by atoms with Crippen LogP contribution in [0.1, 0.15) is 112 Å². The van der Waals surface area contributed by atoms with Crippen LogP contribution >= 0.6 is 0 Å². The molecule has 2 fully saturated rings. The number of ether oxygens (including phenoxy) is 1. The summed E-state index contributed by atoms with van der Waals surface area (Å²) >= 11 is 0. The first-order chi connectivity index (χ1) is 15.0. The molecular formula is C25H48N2O5. The third kappa shape index (κ3) is 12.6. The van der Waals surface area contributed by atoms with Gasteiger partial charge < -0.3 is 25.6 Å². The highest BCUT2D eigenvalue weighted by atomic mass is 16.6. The van der Waals surface area contributed by atoms with Gasteiger partial charge in [-0.25, -0.2) is 4.79 Å². The summed E-state index contributed by atoms with van der Waals surface area (Å²) in [5.74, 6) is -1.16. The van der Waals surface area contributed by atoms with Crippen molar-refractivity contribution in [2.45, 2.75) is 141 Å². The maximum Gasteiger partial charge on any atom is 0.407 e. The Balaban J connectivity index is 0.000000339. The number of carboxylic acid groups (broad SMARTS) is 1. The van der Waals surface area contributed by atoms with E-state index < -0.39 is 36.2 Å². The summed E-state index contributed by atoms with van der Waals surface area (Å²) in [5.41, 5.74) is -0.637. The Hall–Kier alpha value is -1.34. The lowest BCUT2D eigenvalue weighted by atomic mass is 9.91. The van der Waals surface area contributed by atoms with Crippen LogP contribution in [-0.4, -0.2) is 52.1 Å². The van der Waals surface area contributed by atoms with Crippen LogP contribution in [0.5, 0.6) is 0 Å². The number of nitrogens with one attached hydrogen (secondary N) is 2. The third-order valence-electron chi connectivity index (χ3n) is 6.42. The Morgan fingerprint density at radius 1 is 0.969 bits per heavy atom. The first kappa shape index (κ1) is 28.7. The van der Waals surface area contributed by atoms with E-state index in [0.717, 1.165) is 12.1 Å². The quantitative estimate of drug-likeness (QED) is 0.409. The van der Waals surface area contributed by atoms with Gasteiger partial charge in [-0.1, -0.05) is 58.8 Å². The van der Waals surface area contributed by atoms with Gasteiger partial charge in [-0.2, -0.15) is 0 Å². The van der Waals surface area contributed by atoms with Crippen LogP contribution in [0.4, 0.5) is 4.79 Å². The molecule has 3 unspecified atom stereocenters. The summed E-state index contributed by atoms with van der Waals surface area (Å²) in [4.78, 5) is 22.3. The number of aliphatic hydroxyl groups is 1. The average molecular weight is 457 g/mol. The Bertz CT molecular complexity index is 521. The van der Waals surface area contributed by atoms with E-state index in [9.17, 15) is 14.7 Å². The van der Waals surface area contributed by atoms with Crippen LogP contribution in [0.15, 0.2) is 0 Å². The number of carboxylic acids is 1. The Kier molecular flexibility index (Phi) is 13.2. The van der Waals surface area contributed by atoms with Gasteiger partial charge in [0.2, 0.25) is 0 Å². The molecule has 1 amide bonds. The zero-order valence-corrected chi connectivity index (χ0v) is 21.0. The molecule has 2 aliphatic rings. The number of alkyl carbamates (subject to hydrolysis) is 1. The van der Waals surface area contributed by atoms with Gasteiger partial charge in [-0.05, 0) is 52.4 Å². The van der Waals surface area contributed by atoms with Crippen molar-refractivity contribution in [3.8, 4) is 0 Å². The van der Waals surface area contributed by atoms with E-state index in [0.29, 0.717) is 6.42 Å². The summed E-state index contributed by atoms with van der Waals surface area (Å²) in [5, 5.41) is 25.0. The molecule has 0 spiro atoms. The lowest BCUT2D eigenvalue weighted by molar-refractivity contribution is -0.139. The van der Waals surface area contributed by atoms with Crippen molar-refractivity contribution in [1.82, 2.24) is 10.6 Å². The standard InChI is InChI=1S/C13H25NO5.C12H23N/c1-6-8(2)11(9(15)7-10(16)17)14-12(18)19-13(3,4)5;1-3-7-11(8-4-1)13-12-9-5-2-6-10-12/h8-9,11,15H,6-7H2,1-5H3,(H,14,18)(H,16,17);11-13H,1-10H2. The summed E-state index contributed by atoms with van der Waals surface area (Å²) in [6.07, 6.45) is 13.1. The highest BCUT2D eigenvalue weighted by Gasteiger charge is 2.29. The van der Waals surface area contributed by atoms with Crippen LogP contribution in [0.2, 0.25) is 0 Å². The van der Waals surface area contributed by atoms with Gasteiger partial charge >= 0.3 is 12.1 Å². The van der Waals surface area contributed by atoms with E-state index in [1.807, 2.05) is 13.8 Å². The van der Waals surface area contributed by atoms with E-state index in [1.165, 1.54) is 64.2 Å². The molecule has 7 heteroatoms. The number of aliphatic hydroxyl groups excluding tert-OH is 1. The molecule has 0 aliphatic heterocycles. The van der Waals surface area contributed by atoms with Crippen molar-refractivity contribution in [3.05, 3.63) is 0 Å². The van der Waals surface area contributed by atoms with E-state index in [2.05, 4.69) is 10.6 Å². The van der Waals surface area contributed by atoms with Gasteiger partial charge in [0, 0.05) is 12.1 Å². The summed E-state index contributed by atoms with van der Waals surface area (Å²) in [7, 11) is 0. The van der Waals surface area contributed by atoms with Crippen molar-refractivity contribution in [3.63, 3.8) is 0 Å². The third-order valence-corrected chi connectivity index (χ3v) is 6.42. The summed E-state index contributed by atoms with van der Waals surface area (Å²) in [6.45, 7) is 8.95. The lowest BCUT2D eigenvalue weighted by Gasteiger charge is -2.30. The lowest BCUT2D eigenvalue weighted by Crippen LogP contribution is -2.49. The van der Waals surface area contributed by atoms with Gasteiger partial charge in [0.05, 0.1) is 18.6 Å². The minimum absolute atomic E-state index is 0.0538. The van der Waals surface area contributed by atoms with E-state index >= 15 is 0 Å². The molecule has 0 saturated heterocycles. The second-order valence-corrected chi connectivity index (χ2v) is 10.6. The first-order valence-electron chi connectivity index (χ1n) is 12.7. The monoisotopic (exact) mass is 456 g/mol. The smallest absolute Gasteiger partial charge is 0.407 e. The SMILES string of the molecule is C1CCC(NC2CCCCC2)CC1.CCC(C)C(NC(=O)OC(C)(C)C)C(O)CC(=O)O. The van der Waals surface area contributed by atoms with Crippen LogP contribution in [-0.2, 0) is 9.53 Å². The molecule has 2 aliphatic carbocycles. The number of hydrogen-bond acceptors (Lipinski definition) is 5. The van der Waals surface area contributed by atoms with Crippen molar-refractivity contribution in [2.24, 2.45) is 5.92 Å². The highest BCUT2D eigenvalue weighted by Crippen LogP contribution is 2.22. The van der Waals surface area contributed by atoms with Crippen molar-refractivity contribution < 1.29 is 24.5 Å². The summed E-state index contributed by atoms with van der Waals surface area (Å²) < 4.78 is 5.11. The van der Waals surface area contributed by atoms with Crippen LogP contribution in [0.25, 0.3) is 0 Å². The molecule has 4 N–H and O–H groups in total. The fraction of sp³-hybridized carbons (Fsp3) is 0.920. The molecule has 188 valence electrons. The van der Waals surface area contributed by atoms with Crippen molar-refractivity contribution >= 4 is 12.1 Å². The molecule has 3 atom stereocenters. The van der Waals surface area contributed by atoms with Gasteiger partial charge in [-0.15, -0.1) is 0 Å². The zero-order valence-electron chi connectivity index (χ0n) is 21.0. The maximum atomic E-state index is 11.7. The second kappa shape index (κ2) is 14.7. The molecule has 0 aromatic rings. The normalized spacial score (nSPS) is 20.9. The Labute approximate surface area is 195 Å². The van der Waals surface area contributed by atoms with Crippen LogP contribution in [0, 0.1) is 5.92 Å². The number of aliphatic carboxylic acids is 1. The Morgan fingerprint density at radius 3 is 1.81 bits per heavy atom. The first-order valence-corrected chi connectivity index (χ1v) is 12.7. The molecule has 2 rings (SSSR count). The zero-order chi connectivity index (χ0) is 24.1. The predicted molar refractivity (Wildman–Crippen MR) is 128 cm³/mol. The molecule has 0 aromatic heterocycles. The predicted octanol–water partition coefficient (Wildman–Crippen LogP) is 5.00. The molecule has 0 heterocycles. The van der Waals surface area contributed by atoms with Gasteiger partial charge in [-0.3, -0.25) is 4.79 Å². The molecule has 0 bridgehead atoms. The fourth-order valence-electron chi connectivity index (χ4n) is 4.49. The maximum absolute atomic E-state index is 11.7. The minimum Gasteiger partial charge on any atom is -0.481 e. The van der Waals surface area contributed by atoms with Gasteiger partial charge in [0.1, 0.15) is 5.60 Å². The van der Waals surface area contributed by atoms with E-state index in [1.54, 1.807) is 20.8 Å². The van der Waals surface area contributed by atoms with E-state index in [4.69, 9.17) is 9.84 Å². The Morgan fingerprint density at radius 2 is 1.44 bits per heavy atom. The summed E-state index contributed by atoms with van der Waals surface area (Å²) in [6, 6.07) is 1.10. The second-order valence-electron chi connectivity index (χ2n) is 10.6. The number of rotatable bonds is 8. The fourth-order valence-corrected chi connectivity index (χ4v) is 4.49. The molecule has 32 heavy (non-hydrogen) atoms. The largest absolute Gasteiger partial charge is 0.481 e. The number of carbonyl (C=O) groups is 2. The van der Waals surface area contributed by atoms with Gasteiger partial charge in [0.25, 0.3) is 0 Å². The molecular weight excluding hydrogens is 408 g/mol. The topological polar surface area (TPSA) is 108 Å². The number of hydrogen-bond donors (Lipinski definition) is 4. The number of amides is 1. The van der Waals surface area contributed by atoms with Crippen LogP contribution < -0.4 is 10.6 Å². The number of carbonyl (C=O) groups excluding carboxylic acids is 1. The van der Waals surface area contributed by atoms with E-state index in [-0.39, 0.29) is 5.92 Å². The highest BCUT2D eigenvalue weighted by molar-refractivity contribution is 5.69. The average Bonchev–Trinajstić information content (AvgIpc) is 2.71. The van der Waals surface area contributed by atoms with Crippen molar-refractivity contribution in [2.75, 3.05) is 0 Å². The molecule has 0 radical (unpaired) electrons. The van der Waals surface area contributed by atoms with Gasteiger partial charge in [0.15, 0.2) is 0 Å². The molecule has 7 nitrogen and oxygen atoms in total. The van der Waals surface area contributed by atoms with Crippen molar-refractivity contribution in [1.29, 1.82) is 0 Å². The minimum atomic E-state index is -1.14. The molecule has 0 aromatic carbocycles.